The van der Waals surface area contributed by atoms with Gasteiger partial charge in [-0.25, -0.2) is 18.1 Å². The summed E-state index contributed by atoms with van der Waals surface area (Å²) in [5.41, 5.74) is 0.382. The molecule has 5 nitrogen and oxygen atoms in total. The summed E-state index contributed by atoms with van der Waals surface area (Å²) in [4.78, 5) is 15.5. The Bertz CT molecular complexity index is 694. The molecule has 0 fully saturated rings. The molecule has 7 heteroatoms. The van der Waals surface area contributed by atoms with Crippen LogP contribution in [0.1, 0.15) is 22.3 Å². The highest BCUT2D eigenvalue weighted by Gasteiger charge is 2.14. The van der Waals surface area contributed by atoms with Crippen molar-refractivity contribution in [2.45, 2.75) is 18.2 Å². The van der Waals surface area contributed by atoms with Gasteiger partial charge in [0, 0.05) is 30.1 Å². The summed E-state index contributed by atoms with van der Waals surface area (Å²) in [5, 5.41) is 2.73. The molecule has 0 unspecified atom stereocenters. The number of thiazole rings is 1. The van der Waals surface area contributed by atoms with E-state index in [2.05, 4.69) is 9.71 Å². The van der Waals surface area contributed by atoms with Crippen LogP contribution in [0.3, 0.4) is 0 Å². The van der Waals surface area contributed by atoms with Crippen LogP contribution in [-0.4, -0.2) is 25.7 Å². The molecule has 1 N–H and O–H groups in total. The lowest BCUT2D eigenvalue weighted by atomic mass is 10.2. The smallest absolute Gasteiger partial charge is 0.240 e. The molecule has 0 amide bonds. The first kappa shape index (κ1) is 14.8. The number of aromatic nitrogens is 1. The molecule has 0 spiro atoms. The number of nitrogens with one attached hydrogen (secondary N) is 1. The maximum Gasteiger partial charge on any atom is 0.240 e. The predicted octanol–water partition coefficient (Wildman–Crippen LogP) is 1.87. The van der Waals surface area contributed by atoms with Gasteiger partial charge in [0.1, 0.15) is 0 Å². The lowest BCUT2D eigenvalue weighted by molar-refractivity contribution is 0.101. The van der Waals surface area contributed by atoms with E-state index < -0.39 is 10.0 Å². The Morgan fingerprint density at radius 2 is 2.20 bits per heavy atom. The Kier molecular flexibility index (Phi) is 4.64. The maximum absolute atomic E-state index is 12.1. The first-order valence-corrected chi connectivity index (χ1v) is 8.34. The zero-order chi connectivity index (χ0) is 14.6. The van der Waals surface area contributed by atoms with E-state index in [0.717, 1.165) is 5.01 Å². The highest BCUT2D eigenvalue weighted by molar-refractivity contribution is 7.89. The molecule has 0 bridgehead atoms. The topological polar surface area (TPSA) is 76.1 Å². The molecule has 0 atom stereocenters. The van der Waals surface area contributed by atoms with Crippen molar-refractivity contribution in [2.24, 2.45) is 0 Å². The van der Waals surface area contributed by atoms with Gasteiger partial charge in [-0.1, -0.05) is 12.1 Å². The molecule has 1 aromatic heterocycles. The fraction of sp³-hybridized carbons (Fsp3) is 0.231. The molecule has 20 heavy (non-hydrogen) atoms. The second-order valence-electron chi connectivity index (χ2n) is 4.16. The van der Waals surface area contributed by atoms with Crippen molar-refractivity contribution in [1.82, 2.24) is 9.71 Å². The predicted molar refractivity (Wildman–Crippen MR) is 77.5 cm³/mol. The van der Waals surface area contributed by atoms with Crippen LogP contribution in [0.15, 0.2) is 40.7 Å². The molecule has 0 aliphatic carbocycles. The number of hydrogen-bond donors (Lipinski definition) is 1. The van der Waals surface area contributed by atoms with Gasteiger partial charge in [-0.05, 0) is 19.1 Å². The number of hydrogen-bond acceptors (Lipinski definition) is 5. The number of carbonyl (C=O) groups is 1. The van der Waals surface area contributed by atoms with Crippen LogP contribution in [0, 0.1) is 0 Å². The molecule has 0 aliphatic rings. The molecule has 2 aromatic rings. The van der Waals surface area contributed by atoms with Gasteiger partial charge in [-0.15, -0.1) is 11.3 Å². The Morgan fingerprint density at radius 1 is 1.40 bits per heavy atom. The minimum atomic E-state index is -3.59. The normalized spacial score (nSPS) is 11.4. The zero-order valence-corrected chi connectivity index (χ0v) is 12.5. The Hall–Kier alpha value is -1.57. The molecule has 1 aromatic carbocycles. The van der Waals surface area contributed by atoms with Gasteiger partial charge in [0.05, 0.1) is 9.90 Å². The number of carbonyl (C=O) groups excluding carboxylic acids is 1. The fourth-order valence-electron chi connectivity index (χ4n) is 1.63. The third-order valence-electron chi connectivity index (χ3n) is 2.67. The Morgan fingerprint density at radius 3 is 2.85 bits per heavy atom. The number of benzene rings is 1. The Labute approximate surface area is 121 Å². The minimum absolute atomic E-state index is 0.101. The summed E-state index contributed by atoms with van der Waals surface area (Å²) in [6, 6.07) is 6.01. The molecule has 0 saturated heterocycles. The van der Waals surface area contributed by atoms with Crippen molar-refractivity contribution in [2.75, 3.05) is 6.54 Å². The van der Waals surface area contributed by atoms with E-state index >= 15 is 0 Å². The van der Waals surface area contributed by atoms with Gasteiger partial charge in [-0.2, -0.15) is 0 Å². The van der Waals surface area contributed by atoms with E-state index in [-0.39, 0.29) is 17.2 Å². The number of ketones is 1. The van der Waals surface area contributed by atoms with E-state index in [0.29, 0.717) is 12.0 Å². The van der Waals surface area contributed by atoms with Crippen molar-refractivity contribution in [1.29, 1.82) is 0 Å². The minimum Gasteiger partial charge on any atom is -0.295 e. The summed E-state index contributed by atoms with van der Waals surface area (Å²) in [6.45, 7) is 1.68. The second kappa shape index (κ2) is 6.25. The van der Waals surface area contributed by atoms with Crippen LogP contribution in [0.5, 0.6) is 0 Å². The first-order chi connectivity index (χ1) is 9.49. The number of rotatable bonds is 6. The van der Waals surface area contributed by atoms with Crippen molar-refractivity contribution in [3.05, 3.63) is 46.4 Å². The standard InChI is InChI=1S/C13H14N2O3S2/c1-10(16)11-3-2-4-12(9-11)20(17,18)15-6-5-13-14-7-8-19-13/h2-4,7-9,15H,5-6H2,1H3. The SMILES string of the molecule is CC(=O)c1cccc(S(=O)(=O)NCCc2nccs2)c1. The van der Waals surface area contributed by atoms with Crippen molar-refractivity contribution >= 4 is 27.1 Å². The van der Waals surface area contributed by atoms with Gasteiger partial charge < -0.3 is 0 Å². The fourth-order valence-corrected chi connectivity index (χ4v) is 3.33. The van der Waals surface area contributed by atoms with E-state index in [1.807, 2.05) is 5.38 Å². The lowest BCUT2D eigenvalue weighted by Crippen LogP contribution is -2.26. The largest absolute Gasteiger partial charge is 0.295 e. The van der Waals surface area contributed by atoms with E-state index in [9.17, 15) is 13.2 Å². The van der Waals surface area contributed by atoms with Crippen LogP contribution < -0.4 is 4.72 Å². The first-order valence-electron chi connectivity index (χ1n) is 5.98. The van der Waals surface area contributed by atoms with Crippen LogP contribution >= 0.6 is 11.3 Å². The van der Waals surface area contributed by atoms with Crippen LogP contribution in [-0.2, 0) is 16.4 Å². The van der Waals surface area contributed by atoms with E-state index in [1.54, 1.807) is 18.3 Å². The molecule has 2 rings (SSSR count). The summed E-state index contributed by atoms with van der Waals surface area (Å²) >= 11 is 1.49. The van der Waals surface area contributed by atoms with Crippen LogP contribution in [0.4, 0.5) is 0 Å². The summed E-state index contributed by atoms with van der Waals surface area (Å²) < 4.78 is 26.7. The zero-order valence-electron chi connectivity index (χ0n) is 10.9. The van der Waals surface area contributed by atoms with Crippen LogP contribution in [0.25, 0.3) is 0 Å². The number of nitrogens with zero attached hydrogens (tertiary/aromatic N) is 1. The second-order valence-corrected chi connectivity index (χ2v) is 6.90. The van der Waals surface area contributed by atoms with Gasteiger partial charge in [0.25, 0.3) is 0 Å². The average Bonchev–Trinajstić information content (AvgIpc) is 2.92. The summed E-state index contributed by atoms with van der Waals surface area (Å²) in [7, 11) is -3.59. The molecular weight excluding hydrogens is 296 g/mol. The van der Waals surface area contributed by atoms with Crippen molar-refractivity contribution < 1.29 is 13.2 Å². The molecule has 0 radical (unpaired) electrons. The number of Topliss-reactive ketones (excluding diaryl/α,β-unsaturated/α-hetero) is 1. The summed E-state index contributed by atoms with van der Waals surface area (Å²) in [6.07, 6.45) is 2.23. The highest BCUT2D eigenvalue weighted by Crippen LogP contribution is 2.12. The number of sulfonamides is 1. The van der Waals surface area contributed by atoms with Gasteiger partial charge in [0.2, 0.25) is 10.0 Å². The van der Waals surface area contributed by atoms with Crippen LogP contribution in [0.2, 0.25) is 0 Å². The monoisotopic (exact) mass is 310 g/mol. The van der Waals surface area contributed by atoms with Gasteiger partial charge >= 0.3 is 0 Å². The molecular formula is C13H14N2O3S2. The average molecular weight is 310 g/mol. The van der Waals surface area contributed by atoms with E-state index in [4.69, 9.17) is 0 Å². The van der Waals surface area contributed by atoms with Gasteiger partial charge in [-0.3, -0.25) is 4.79 Å². The summed E-state index contributed by atoms with van der Waals surface area (Å²) in [5.74, 6) is -0.162. The van der Waals surface area contributed by atoms with Gasteiger partial charge in [0.15, 0.2) is 5.78 Å². The van der Waals surface area contributed by atoms with Crippen molar-refractivity contribution in [3.63, 3.8) is 0 Å². The van der Waals surface area contributed by atoms with Crippen molar-refractivity contribution in [3.8, 4) is 0 Å². The molecule has 1 heterocycles. The maximum atomic E-state index is 12.1. The molecule has 106 valence electrons. The molecule has 0 saturated carbocycles. The molecule has 0 aliphatic heterocycles. The quantitative estimate of drug-likeness (QED) is 0.826. The highest BCUT2D eigenvalue weighted by atomic mass is 32.2. The van der Waals surface area contributed by atoms with E-state index in [1.165, 1.54) is 30.4 Å². The third-order valence-corrected chi connectivity index (χ3v) is 4.96. The third kappa shape index (κ3) is 3.72. The lowest BCUT2D eigenvalue weighted by Gasteiger charge is -2.06. The Balaban J connectivity index is 2.06.